The van der Waals surface area contributed by atoms with Crippen LogP contribution in [0.4, 0.5) is 4.79 Å². The summed E-state index contributed by atoms with van der Waals surface area (Å²) in [4.78, 5) is 12.3. The van der Waals surface area contributed by atoms with Crippen LogP contribution < -0.4 is 10.6 Å². The topological polar surface area (TPSA) is 78.5 Å². The average Bonchev–Trinajstić information content (AvgIpc) is 3.12. The van der Waals surface area contributed by atoms with E-state index < -0.39 is 10.0 Å². The molecule has 6 nitrogen and oxygen atoms in total. The predicted molar refractivity (Wildman–Crippen MR) is 116 cm³/mol. The summed E-state index contributed by atoms with van der Waals surface area (Å²) >= 11 is 12.0. The molecule has 2 fully saturated rings. The van der Waals surface area contributed by atoms with Gasteiger partial charge in [-0.15, -0.1) is 0 Å². The molecule has 1 heterocycles. The zero-order valence-electron chi connectivity index (χ0n) is 16.5. The normalized spacial score (nSPS) is 22.1. The number of nitrogens with one attached hydrogen (secondary N) is 2. The van der Waals surface area contributed by atoms with Gasteiger partial charge in [-0.25, -0.2) is 13.2 Å². The molecular formula is C20H29Cl2N3O3S. The molecular weight excluding hydrogens is 433 g/mol. The molecule has 0 radical (unpaired) electrons. The van der Waals surface area contributed by atoms with Crippen molar-refractivity contribution in [2.75, 3.05) is 19.6 Å². The van der Waals surface area contributed by atoms with Crippen molar-refractivity contribution in [2.24, 2.45) is 5.92 Å². The first-order valence-electron chi connectivity index (χ1n) is 10.4. The fraction of sp³-hybridized carbons (Fsp3) is 0.650. The third-order valence-electron chi connectivity index (χ3n) is 5.75. The summed E-state index contributed by atoms with van der Waals surface area (Å²) in [5.41, 5.74) is 0. The smallest absolute Gasteiger partial charge is 0.315 e. The number of hydrogen-bond acceptors (Lipinski definition) is 3. The Bertz CT molecular complexity index is 811. The minimum Gasteiger partial charge on any atom is -0.338 e. The highest BCUT2D eigenvalue weighted by Crippen LogP contribution is 2.30. The van der Waals surface area contributed by atoms with Gasteiger partial charge < -0.3 is 10.6 Å². The van der Waals surface area contributed by atoms with E-state index in [4.69, 9.17) is 23.2 Å². The molecule has 2 aliphatic rings. The number of sulfonamides is 1. The lowest BCUT2D eigenvalue weighted by Gasteiger charge is -2.22. The summed E-state index contributed by atoms with van der Waals surface area (Å²) < 4.78 is 27.2. The molecule has 1 atom stereocenters. The Balaban J connectivity index is 1.48. The van der Waals surface area contributed by atoms with Crippen LogP contribution in [0, 0.1) is 5.92 Å². The Labute approximate surface area is 183 Å². The lowest BCUT2D eigenvalue weighted by molar-refractivity contribution is 0.232. The number of amides is 2. The van der Waals surface area contributed by atoms with E-state index in [9.17, 15) is 13.2 Å². The van der Waals surface area contributed by atoms with Crippen molar-refractivity contribution >= 4 is 39.3 Å². The van der Waals surface area contributed by atoms with Crippen molar-refractivity contribution in [3.05, 3.63) is 28.2 Å². The third-order valence-corrected chi connectivity index (χ3v) is 8.34. The largest absolute Gasteiger partial charge is 0.338 e. The molecule has 0 spiro atoms. The zero-order chi connectivity index (χ0) is 20.9. The van der Waals surface area contributed by atoms with Crippen molar-refractivity contribution in [1.29, 1.82) is 0 Å². The summed E-state index contributed by atoms with van der Waals surface area (Å²) in [7, 11) is -3.67. The molecule has 1 aromatic carbocycles. The maximum Gasteiger partial charge on any atom is 0.315 e. The number of carbonyl (C=O) groups is 1. The van der Waals surface area contributed by atoms with Crippen LogP contribution in [0.25, 0.3) is 0 Å². The lowest BCUT2D eigenvalue weighted by Crippen LogP contribution is -2.44. The molecule has 3 rings (SSSR count). The van der Waals surface area contributed by atoms with Crippen molar-refractivity contribution in [1.82, 2.24) is 14.9 Å². The molecule has 1 aliphatic heterocycles. The Morgan fingerprint density at radius 1 is 1.07 bits per heavy atom. The second-order valence-corrected chi connectivity index (χ2v) is 10.7. The van der Waals surface area contributed by atoms with Gasteiger partial charge in [0.05, 0.1) is 5.02 Å². The maximum atomic E-state index is 12.9. The van der Waals surface area contributed by atoms with E-state index in [0.29, 0.717) is 31.1 Å². The van der Waals surface area contributed by atoms with Gasteiger partial charge in [-0.3, -0.25) is 0 Å². The van der Waals surface area contributed by atoms with Gasteiger partial charge in [-0.1, -0.05) is 55.3 Å². The van der Waals surface area contributed by atoms with E-state index in [1.165, 1.54) is 41.8 Å². The summed E-state index contributed by atoms with van der Waals surface area (Å²) in [6.07, 6.45) is 8.86. The standard InChI is InChI=1S/C20H29Cl2N3O3S/c21-16-8-9-19(18(22)12-16)29(27,28)25-11-10-15(14-25)13-23-20(26)24-17-6-4-2-1-3-5-7-17/h8-9,12,15,17H,1-7,10-11,13-14H2,(H2,23,24,26). The fourth-order valence-corrected chi connectivity index (χ4v) is 6.36. The fourth-order valence-electron chi connectivity index (χ4n) is 4.08. The first-order valence-corrected chi connectivity index (χ1v) is 12.6. The van der Waals surface area contributed by atoms with Gasteiger partial charge in [0.1, 0.15) is 4.90 Å². The SMILES string of the molecule is O=C(NCC1CCN(S(=O)(=O)c2ccc(Cl)cc2Cl)C1)NC1CCCCCCC1. The maximum absolute atomic E-state index is 12.9. The first-order chi connectivity index (χ1) is 13.9. The molecule has 2 N–H and O–H groups in total. The number of hydrogen-bond donors (Lipinski definition) is 2. The van der Waals surface area contributed by atoms with E-state index in [1.54, 1.807) is 0 Å². The Kier molecular flexibility index (Phi) is 8.07. The minimum atomic E-state index is -3.67. The molecule has 1 unspecified atom stereocenters. The van der Waals surface area contributed by atoms with Gasteiger partial charge >= 0.3 is 6.03 Å². The lowest BCUT2D eigenvalue weighted by atomic mass is 9.97. The molecule has 0 aromatic heterocycles. The van der Waals surface area contributed by atoms with Gasteiger partial charge in [0.25, 0.3) is 0 Å². The highest BCUT2D eigenvalue weighted by atomic mass is 35.5. The first kappa shape index (κ1) is 22.7. The molecule has 1 saturated carbocycles. The van der Waals surface area contributed by atoms with Gasteiger partial charge in [-0.2, -0.15) is 4.31 Å². The molecule has 2 amide bonds. The average molecular weight is 462 g/mol. The number of rotatable bonds is 5. The second-order valence-electron chi connectivity index (χ2n) is 7.99. The molecule has 1 aliphatic carbocycles. The quantitative estimate of drug-likeness (QED) is 0.680. The Morgan fingerprint density at radius 3 is 2.45 bits per heavy atom. The monoisotopic (exact) mass is 461 g/mol. The van der Waals surface area contributed by atoms with Crippen LogP contribution in [0.1, 0.15) is 51.4 Å². The van der Waals surface area contributed by atoms with Crippen LogP contribution in [-0.2, 0) is 10.0 Å². The summed E-state index contributed by atoms with van der Waals surface area (Å²) in [5.74, 6) is 0.0823. The summed E-state index contributed by atoms with van der Waals surface area (Å²) in [6, 6.07) is 4.48. The van der Waals surface area contributed by atoms with E-state index in [1.807, 2.05) is 0 Å². The number of carbonyl (C=O) groups excluding carboxylic acids is 1. The Morgan fingerprint density at radius 2 is 1.76 bits per heavy atom. The van der Waals surface area contributed by atoms with E-state index in [-0.39, 0.29) is 27.9 Å². The Hall–Kier alpha value is -1.02. The molecule has 1 saturated heterocycles. The molecule has 0 bridgehead atoms. The molecule has 9 heteroatoms. The molecule has 162 valence electrons. The second kappa shape index (κ2) is 10.3. The van der Waals surface area contributed by atoms with E-state index in [2.05, 4.69) is 10.6 Å². The van der Waals surface area contributed by atoms with Crippen LogP contribution in [0.5, 0.6) is 0 Å². The van der Waals surface area contributed by atoms with Gasteiger partial charge in [-0.05, 0) is 43.4 Å². The van der Waals surface area contributed by atoms with Crippen LogP contribution in [-0.4, -0.2) is 44.4 Å². The third kappa shape index (κ3) is 6.23. The van der Waals surface area contributed by atoms with Crippen LogP contribution in [0.2, 0.25) is 10.0 Å². The van der Waals surface area contributed by atoms with Crippen molar-refractivity contribution in [2.45, 2.75) is 62.3 Å². The van der Waals surface area contributed by atoms with Gasteiger partial charge in [0.15, 0.2) is 0 Å². The van der Waals surface area contributed by atoms with Crippen molar-refractivity contribution in [3.8, 4) is 0 Å². The number of urea groups is 1. The van der Waals surface area contributed by atoms with E-state index >= 15 is 0 Å². The van der Waals surface area contributed by atoms with Crippen LogP contribution >= 0.6 is 23.2 Å². The van der Waals surface area contributed by atoms with Crippen LogP contribution in [0.15, 0.2) is 23.1 Å². The minimum absolute atomic E-state index is 0.0687. The zero-order valence-corrected chi connectivity index (χ0v) is 18.8. The number of halogens is 2. The summed E-state index contributed by atoms with van der Waals surface area (Å²) in [5, 5.41) is 6.52. The molecule has 1 aromatic rings. The van der Waals surface area contributed by atoms with E-state index in [0.717, 1.165) is 25.7 Å². The van der Waals surface area contributed by atoms with Gasteiger partial charge in [0.2, 0.25) is 10.0 Å². The van der Waals surface area contributed by atoms with Crippen molar-refractivity contribution < 1.29 is 13.2 Å². The number of nitrogens with zero attached hydrogens (tertiary/aromatic N) is 1. The molecule has 29 heavy (non-hydrogen) atoms. The van der Waals surface area contributed by atoms with Crippen LogP contribution in [0.3, 0.4) is 0 Å². The van der Waals surface area contributed by atoms with Gasteiger partial charge in [0, 0.05) is 30.7 Å². The number of benzene rings is 1. The highest BCUT2D eigenvalue weighted by Gasteiger charge is 2.34. The predicted octanol–water partition coefficient (Wildman–Crippen LogP) is 4.42. The van der Waals surface area contributed by atoms with Crippen molar-refractivity contribution in [3.63, 3.8) is 0 Å². The summed E-state index contributed by atoms with van der Waals surface area (Å²) in [6.45, 7) is 1.24. The highest BCUT2D eigenvalue weighted by molar-refractivity contribution is 7.89.